The summed E-state index contributed by atoms with van der Waals surface area (Å²) in [5, 5.41) is 0. The number of anilines is 2. The van der Waals surface area contributed by atoms with Crippen molar-refractivity contribution in [1.82, 2.24) is 18.7 Å². The number of rotatable bonds is 3. The summed E-state index contributed by atoms with van der Waals surface area (Å²) < 4.78 is 4.80. The van der Waals surface area contributed by atoms with Gasteiger partial charge in [0.1, 0.15) is 0 Å². The number of aromatic nitrogens is 4. The molecule has 7 heteroatoms. The van der Waals surface area contributed by atoms with E-state index in [1.165, 1.54) is 9.13 Å². The van der Waals surface area contributed by atoms with E-state index in [0.717, 1.165) is 41.3 Å². The van der Waals surface area contributed by atoms with Crippen LogP contribution in [0.1, 0.15) is 23.1 Å². The Labute approximate surface area is 179 Å². The number of benzene rings is 2. The van der Waals surface area contributed by atoms with Gasteiger partial charge in [-0.05, 0) is 43.0 Å². The van der Waals surface area contributed by atoms with Crippen molar-refractivity contribution in [1.29, 1.82) is 0 Å². The van der Waals surface area contributed by atoms with Crippen LogP contribution in [0.2, 0.25) is 0 Å². The zero-order valence-corrected chi connectivity index (χ0v) is 18.0. The molecule has 2 aromatic heterocycles. The number of hydrogen-bond donors (Lipinski definition) is 0. The maximum atomic E-state index is 13.5. The lowest BCUT2D eigenvalue weighted by Crippen LogP contribution is -2.40. The maximum Gasteiger partial charge on any atom is 0.332 e. The van der Waals surface area contributed by atoms with Crippen molar-refractivity contribution >= 4 is 22.8 Å². The van der Waals surface area contributed by atoms with E-state index in [1.807, 2.05) is 47.9 Å². The molecule has 2 aromatic carbocycles. The van der Waals surface area contributed by atoms with Gasteiger partial charge in [-0.25, -0.2) is 4.79 Å². The Bertz CT molecular complexity index is 1430. The van der Waals surface area contributed by atoms with Gasteiger partial charge in [0, 0.05) is 25.8 Å². The number of imidazole rings is 1. The van der Waals surface area contributed by atoms with Crippen LogP contribution in [0.3, 0.4) is 0 Å². The van der Waals surface area contributed by atoms with Gasteiger partial charge in [0.25, 0.3) is 5.56 Å². The summed E-state index contributed by atoms with van der Waals surface area (Å²) in [4.78, 5) is 33.6. The quantitative estimate of drug-likeness (QED) is 0.516. The van der Waals surface area contributed by atoms with E-state index in [0.29, 0.717) is 17.7 Å². The molecular weight excluding hydrogens is 390 g/mol. The van der Waals surface area contributed by atoms with Gasteiger partial charge in [0.2, 0.25) is 5.95 Å². The third kappa shape index (κ3) is 3.00. The maximum absolute atomic E-state index is 13.5. The van der Waals surface area contributed by atoms with E-state index in [4.69, 9.17) is 4.98 Å². The summed E-state index contributed by atoms with van der Waals surface area (Å²) in [7, 11) is 1.69. The highest BCUT2D eigenvalue weighted by Crippen LogP contribution is 2.32. The molecule has 3 heterocycles. The average molecular weight is 415 g/mol. The molecule has 31 heavy (non-hydrogen) atoms. The molecule has 1 aliphatic heterocycles. The van der Waals surface area contributed by atoms with Crippen LogP contribution < -0.4 is 16.1 Å². The number of nitrogens with zero attached hydrogens (tertiary/aromatic N) is 5. The lowest BCUT2D eigenvalue weighted by atomic mass is 10.1. The lowest BCUT2D eigenvalue weighted by molar-refractivity contribution is 0.597. The Balaban J connectivity index is 1.73. The summed E-state index contributed by atoms with van der Waals surface area (Å²) in [5.74, 6) is 0.719. The molecule has 4 aromatic rings. The SMILES string of the molecule is Cc1ccccc1Cn1c(=O)c2c(nc3n2CCCN3c2ccccc2C)n(C)c1=O. The third-order valence-corrected chi connectivity index (χ3v) is 6.21. The van der Waals surface area contributed by atoms with E-state index in [9.17, 15) is 9.59 Å². The minimum Gasteiger partial charge on any atom is -0.312 e. The smallest absolute Gasteiger partial charge is 0.312 e. The second kappa shape index (κ2) is 7.27. The van der Waals surface area contributed by atoms with Crippen LogP contribution in [-0.2, 0) is 20.1 Å². The average Bonchev–Trinajstić information content (AvgIpc) is 3.17. The van der Waals surface area contributed by atoms with E-state index < -0.39 is 0 Å². The van der Waals surface area contributed by atoms with Crippen molar-refractivity contribution in [3.63, 3.8) is 0 Å². The van der Waals surface area contributed by atoms with Crippen LogP contribution in [0.15, 0.2) is 58.1 Å². The molecule has 0 spiro atoms. The zero-order chi connectivity index (χ0) is 21.7. The molecule has 0 bridgehead atoms. The molecule has 0 radical (unpaired) electrons. The van der Waals surface area contributed by atoms with E-state index in [2.05, 4.69) is 24.0 Å². The Kier molecular flexibility index (Phi) is 4.54. The van der Waals surface area contributed by atoms with E-state index in [-0.39, 0.29) is 17.8 Å². The Hall–Kier alpha value is -3.61. The van der Waals surface area contributed by atoms with Gasteiger partial charge in [0.15, 0.2) is 11.2 Å². The zero-order valence-electron chi connectivity index (χ0n) is 18.0. The van der Waals surface area contributed by atoms with Crippen molar-refractivity contribution in [2.75, 3.05) is 11.4 Å². The second-order valence-electron chi connectivity index (χ2n) is 8.19. The molecule has 7 nitrogen and oxygen atoms in total. The summed E-state index contributed by atoms with van der Waals surface area (Å²) >= 11 is 0. The van der Waals surface area contributed by atoms with Gasteiger partial charge in [-0.3, -0.25) is 13.9 Å². The van der Waals surface area contributed by atoms with Crippen molar-refractivity contribution in [2.24, 2.45) is 7.05 Å². The van der Waals surface area contributed by atoms with Gasteiger partial charge < -0.3 is 9.47 Å². The van der Waals surface area contributed by atoms with Crippen molar-refractivity contribution in [2.45, 2.75) is 33.4 Å². The van der Waals surface area contributed by atoms with Crippen LogP contribution in [0.25, 0.3) is 11.2 Å². The Morgan fingerprint density at radius 2 is 1.65 bits per heavy atom. The van der Waals surface area contributed by atoms with Crippen molar-refractivity contribution in [3.05, 3.63) is 86.1 Å². The standard InChI is InChI=1S/C24H25N5O2/c1-16-9-4-6-11-18(16)15-29-22(30)20-21(26(3)24(29)31)25-23-27(13-8-14-28(20)23)19-12-7-5-10-17(19)2/h4-7,9-12H,8,13-15H2,1-3H3. The summed E-state index contributed by atoms with van der Waals surface area (Å²) in [6, 6.07) is 16.0. The molecule has 0 unspecified atom stereocenters. The number of fused-ring (bicyclic) bond motifs is 3. The minimum absolute atomic E-state index is 0.246. The molecule has 5 rings (SSSR count). The third-order valence-electron chi connectivity index (χ3n) is 6.21. The van der Waals surface area contributed by atoms with Crippen LogP contribution in [0.5, 0.6) is 0 Å². The van der Waals surface area contributed by atoms with Crippen molar-refractivity contribution < 1.29 is 0 Å². The fourth-order valence-corrected chi connectivity index (χ4v) is 4.46. The van der Waals surface area contributed by atoms with Gasteiger partial charge in [-0.2, -0.15) is 4.98 Å². The first-order valence-electron chi connectivity index (χ1n) is 10.5. The van der Waals surface area contributed by atoms with Crippen LogP contribution in [0.4, 0.5) is 11.6 Å². The normalized spacial score (nSPS) is 13.6. The number of aryl methyl sites for hydroxylation is 4. The molecular formula is C24H25N5O2. The fraction of sp³-hybridized carbons (Fsp3) is 0.292. The number of hydrogen-bond acceptors (Lipinski definition) is 4. The Morgan fingerprint density at radius 1 is 0.935 bits per heavy atom. The van der Waals surface area contributed by atoms with Gasteiger partial charge in [0.05, 0.1) is 6.54 Å². The molecule has 0 saturated carbocycles. The first kappa shape index (κ1) is 19.4. The van der Waals surface area contributed by atoms with Gasteiger partial charge >= 0.3 is 5.69 Å². The van der Waals surface area contributed by atoms with E-state index >= 15 is 0 Å². The number of para-hydroxylation sites is 1. The summed E-state index contributed by atoms with van der Waals surface area (Å²) in [6.45, 7) is 5.83. The van der Waals surface area contributed by atoms with E-state index in [1.54, 1.807) is 7.05 Å². The molecule has 158 valence electrons. The largest absolute Gasteiger partial charge is 0.332 e. The Morgan fingerprint density at radius 3 is 2.39 bits per heavy atom. The van der Waals surface area contributed by atoms with Crippen LogP contribution in [0, 0.1) is 13.8 Å². The molecule has 0 aliphatic carbocycles. The minimum atomic E-state index is -0.348. The first-order chi connectivity index (χ1) is 15.0. The molecule has 0 amide bonds. The predicted octanol–water partition coefficient (Wildman–Crippen LogP) is 3.10. The molecule has 0 atom stereocenters. The summed E-state index contributed by atoms with van der Waals surface area (Å²) in [6.07, 6.45) is 0.896. The summed E-state index contributed by atoms with van der Waals surface area (Å²) in [5.41, 5.74) is 4.53. The highest BCUT2D eigenvalue weighted by molar-refractivity contribution is 5.77. The van der Waals surface area contributed by atoms with Crippen molar-refractivity contribution in [3.8, 4) is 0 Å². The van der Waals surface area contributed by atoms with Gasteiger partial charge in [-0.1, -0.05) is 42.5 Å². The molecule has 0 saturated heterocycles. The molecule has 1 aliphatic rings. The highest BCUT2D eigenvalue weighted by atomic mass is 16.2. The lowest BCUT2D eigenvalue weighted by Gasteiger charge is -2.30. The molecule has 0 fully saturated rings. The van der Waals surface area contributed by atoms with Gasteiger partial charge in [-0.15, -0.1) is 0 Å². The first-order valence-corrected chi connectivity index (χ1v) is 10.5. The molecule has 0 N–H and O–H groups in total. The van der Waals surface area contributed by atoms with Crippen LogP contribution >= 0.6 is 0 Å². The topological polar surface area (TPSA) is 65.1 Å². The monoisotopic (exact) mass is 415 g/mol. The fourth-order valence-electron chi connectivity index (χ4n) is 4.46. The second-order valence-corrected chi connectivity index (χ2v) is 8.19. The predicted molar refractivity (Wildman–Crippen MR) is 122 cm³/mol. The highest BCUT2D eigenvalue weighted by Gasteiger charge is 2.27. The van der Waals surface area contributed by atoms with Crippen LogP contribution in [-0.4, -0.2) is 25.2 Å².